The number of aromatic nitrogens is 3. The van der Waals surface area contributed by atoms with Gasteiger partial charge in [-0.1, -0.05) is 49.3 Å². The molecular weight excluding hydrogens is 420 g/mol. The van der Waals surface area contributed by atoms with Gasteiger partial charge in [-0.2, -0.15) is 0 Å². The van der Waals surface area contributed by atoms with Crippen molar-refractivity contribution in [3.8, 4) is 5.75 Å². The fourth-order valence-corrected chi connectivity index (χ4v) is 3.75. The second kappa shape index (κ2) is 10.00. The molecule has 1 N–H and O–H groups in total. The van der Waals surface area contributed by atoms with Crippen LogP contribution in [0.1, 0.15) is 36.7 Å². The number of nitrogens with zero attached hydrogens (tertiary/aromatic N) is 3. The third-order valence-corrected chi connectivity index (χ3v) is 5.87. The van der Waals surface area contributed by atoms with Crippen molar-refractivity contribution in [2.75, 3.05) is 11.1 Å². The Hall–Kier alpha value is -2.51. The quantitative estimate of drug-likeness (QED) is 0.483. The minimum atomic E-state index is -0.0881. The molecule has 0 aliphatic heterocycles. The van der Waals surface area contributed by atoms with Gasteiger partial charge in [0.15, 0.2) is 11.0 Å². The smallest absolute Gasteiger partial charge is 0.234 e. The standard InChI is InChI=1S/C22H25ClN4O2S/c1-14(2)16-5-8-18(9-6-16)24-21(28)13-30-22-26-25-20(27(22)4)12-29-19-10-7-17(23)11-15(19)3/h5-11,14H,12-13H2,1-4H3,(H,24,28). The zero-order valence-corrected chi connectivity index (χ0v) is 19.0. The maximum Gasteiger partial charge on any atom is 0.234 e. The summed E-state index contributed by atoms with van der Waals surface area (Å²) < 4.78 is 7.67. The number of benzene rings is 2. The summed E-state index contributed by atoms with van der Waals surface area (Å²) in [6, 6.07) is 13.4. The van der Waals surface area contributed by atoms with E-state index in [4.69, 9.17) is 16.3 Å². The number of ether oxygens (including phenoxy) is 1. The van der Waals surface area contributed by atoms with E-state index < -0.39 is 0 Å². The first-order valence-electron chi connectivity index (χ1n) is 9.63. The van der Waals surface area contributed by atoms with Gasteiger partial charge in [0.25, 0.3) is 0 Å². The lowest BCUT2D eigenvalue weighted by Crippen LogP contribution is -2.14. The summed E-state index contributed by atoms with van der Waals surface area (Å²) in [5.41, 5.74) is 2.98. The first-order chi connectivity index (χ1) is 14.3. The van der Waals surface area contributed by atoms with Gasteiger partial charge in [0, 0.05) is 17.8 Å². The van der Waals surface area contributed by atoms with Gasteiger partial charge in [0.2, 0.25) is 5.91 Å². The average Bonchev–Trinajstić information content (AvgIpc) is 3.06. The summed E-state index contributed by atoms with van der Waals surface area (Å²) >= 11 is 7.31. The summed E-state index contributed by atoms with van der Waals surface area (Å²) in [5, 5.41) is 12.6. The Morgan fingerprint density at radius 3 is 2.60 bits per heavy atom. The highest BCUT2D eigenvalue weighted by atomic mass is 35.5. The predicted molar refractivity (Wildman–Crippen MR) is 121 cm³/mol. The number of thioether (sulfide) groups is 1. The molecule has 0 radical (unpaired) electrons. The fraction of sp³-hybridized carbons (Fsp3) is 0.318. The fourth-order valence-electron chi connectivity index (χ4n) is 2.79. The van der Waals surface area contributed by atoms with Gasteiger partial charge < -0.3 is 14.6 Å². The molecule has 0 spiro atoms. The normalized spacial score (nSPS) is 11.0. The molecule has 0 saturated carbocycles. The molecule has 0 atom stereocenters. The number of halogens is 1. The highest BCUT2D eigenvalue weighted by Gasteiger charge is 2.13. The third kappa shape index (κ3) is 5.77. The van der Waals surface area contributed by atoms with Crippen LogP contribution < -0.4 is 10.1 Å². The maximum absolute atomic E-state index is 12.3. The molecular formula is C22H25ClN4O2S. The van der Waals surface area contributed by atoms with Crippen molar-refractivity contribution in [3.63, 3.8) is 0 Å². The van der Waals surface area contributed by atoms with Crippen molar-refractivity contribution >= 4 is 35.0 Å². The largest absolute Gasteiger partial charge is 0.485 e. The molecule has 1 amide bonds. The number of hydrogen-bond acceptors (Lipinski definition) is 5. The van der Waals surface area contributed by atoms with Gasteiger partial charge in [0.1, 0.15) is 12.4 Å². The van der Waals surface area contributed by atoms with E-state index in [0.29, 0.717) is 21.9 Å². The van der Waals surface area contributed by atoms with E-state index in [1.54, 1.807) is 6.07 Å². The van der Waals surface area contributed by atoms with Crippen molar-refractivity contribution in [2.45, 2.75) is 38.5 Å². The van der Waals surface area contributed by atoms with Crippen LogP contribution in [-0.4, -0.2) is 26.4 Å². The molecule has 1 aromatic heterocycles. The molecule has 158 valence electrons. The van der Waals surface area contributed by atoms with Gasteiger partial charge in [-0.05, 0) is 54.3 Å². The number of carbonyl (C=O) groups excluding carboxylic acids is 1. The lowest BCUT2D eigenvalue weighted by atomic mass is 10.0. The summed E-state index contributed by atoms with van der Waals surface area (Å²) in [7, 11) is 1.86. The van der Waals surface area contributed by atoms with Crippen LogP contribution in [0.15, 0.2) is 47.6 Å². The van der Waals surface area contributed by atoms with Crippen LogP contribution in [0.4, 0.5) is 5.69 Å². The molecule has 0 aliphatic carbocycles. The Kier molecular flexibility index (Phi) is 7.39. The Bertz CT molecular complexity index is 1020. The van der Waals surface area contributed by atoms with Crippen LogP contribution in [0.3, 0.4) is 0 Å². The Morgan fingerprint density at radius 1 is 1.20 bits per heavy atom. The molecule has 2 aromatic carbocycles. The molecule has 0 fully saturated rings. The zero-order valence-electron chi connectivity index (χ0n) is 17.5. The predicted octanol–water partition coefficient (Wildman–Crippen LogP) is 5.21. The van der Waals surface area contributed by atoms with E-state index >= 15 is 0 Å². The van der Waals surface area contributed by atoms with Crippen molar-refractivity contribution in [1.29, 1.82) is 0 Å². The molecule has 30 heavy (non-hydrogen) atoms. The number of aryl methyl sites for hydroxylation is 1. The first kappa shape index (κ1) is 22.2. The zero-order chi connectivity index (χ0) is 21.7. The van der Waals surface area contributed by atoms with E-state index in [9.17, 15) is 4.79 Å². The van der Waals surface area contributed by atoms with Crippen LogP contribution in [0, 0.1) is 6.92 Å². The third-order valence-electron chi connectivity index (χ3n) is 4.61. The molecule has 0 unspecified atom stereocenters. The molecule has 8 heteroatoms. The lowest BCUT2D eigenvalue weighted by molar-refractivity contribution is -0.113. The van der Waals surface area contributed by atoms with Crippen molar-refractivity contribution < 1.29 is 9.53 Å². The molecule has 3 rings (SSSR count). The molecule has 1 heterocycles. The van der Waals surface area contributed by atoms with Gasteiger partial charge in [0.05, 0.1) is 5.75 Å². The van der Waals surface area contributed by atoms with E-state index in [1.165, 1.54) is 17.3 Å². The minimum absolute atomic E-state index is 0.0881. The molecule has 0 saturated heterocycles. The highest BCUT2D eigenvalue weighted by molar-refractivity contribution is 7.99. The second-order valence-corrected chi connectivity index (χ2v) is 8.65. The van der Waals surface area contributed by atoms with Crippen LogP contribution >= 0.6 is 23.4 Å². The average molecular weight is 445 g/mol. The number of amides is 1. The summed E-state index contributed by atoms with van der Waals surface area (Å²) in [5.74, 6) is 2.04. The monoisotopic (exact) mass is 444 g/mol. The van der Waals surface area contributed by atoms with Crippen LogP contribution in [-0.2, 0) is 18.4 Å². The van der Waals surface area contributed by atoms with Gasteiger partial charge in [-0.25, -0.2) is 0 Å². The number of rotatable bonds is 8. The van der Waals surface area contributed by atoms with Crippen molar-refractivity contribution in [3.05, 3.63) is 64.4 Å². The molecule has 0 bridgehead atoms. The van der Waals surface area contributed by atoms with Crippen LogP contribution in [0.2, 0.25) is 5.02 Å². The van der Waals surface area contributed by atoms with Crippen LogP contribution in [0.25, 0.3) is 0 Å². The van der Waals surface area contributed by atoms with Gasteiger partial charge in [-0.3, -0.25) is 4.79 Å². The van der Waals surface area contributed by atoms with E-state index in [0.717, 1.165) is 17.0 Å². The minimum Gasteiger partial charge on any atom is -0.485 e. The van der Waals surface area contributed by atoms with E-state index in [2.05, 4.69) is 29.4 Å². The Balaban J connectivity index is 1.52. The summed E-state index contributed by atoms with van der Waals surface area (Å²) in [4.78, 5) is 12.3. The highest BCUT2D eigenvalue weighted by Crippen LogP contribution is 2.23. The SMILES string of the molecule is Cc1cc(Cl)ccc1OCc1nnc(SCC(=O)Nc2ccc(C(C)C)cc2)n1C. The number of carbonyl (C=O) groups is 1. The Labute approximate surface area is 186 Å². The first-order valence-corrected chi connectivity index (χ1v) is 11.0. The lowest BCUT2D eigenvalue weighted by Gasteiger charge is -2.09. The Morgan fingerprint density at radius 2 is 1.93 bits per heavy atom. The maximum atomic E-state index is 12.3. The summed E-state index contributed by atoms with van der Waals surface area (Å²) in [6.45, 7) is 6.50. The van der Waals surface area contributed by atoms with Gasteiger partial charge >= 0.3 is 0 Å². The molecule has 6 nitrogen and oxygen atoms in total. The summed E-state index contributed by atoms with van der Waals surface area (Å²) in [6.07, 6.45) is 0. The van der Waals surface area contributed by atoms with E-state index in [1.807, 2.05) is 54.9 Å². The second-order valence-electron chi connectivity index (χ2n) is 7.27. The topological polar surface area (TPSA) is 69.0 Å². The number of nitrogens with one attached hydrogen (secondary N) is 1. The number of hydrogen-bond donors (Lipinski definition) is 1. The van der Waals surface area contributed by atoms with Gasteiger partial charge in [-0.15, -0.1) is 10.2 Å². The molecule has 3 aromatic rings. The number of anilines is 1. The van der Waals surface area contributed by atoms with E-state index in [-0.39, 0.29) is 18.3 Å². The van der Waals surface area contributed by atoms with Crippen LogP contribution in [0.5, 0.6) is 5.75 Å². The van der Waals surface area contributed by atoms with Crippen molar-refractivity contribution in [2.24, 2.45) is 7.05 Å². The molecule has 0 aliphatic rings. The van der Waals surface area contributed by atoms with Crippen molar-refractivity contribution in [1.82, 2.24) is 14.8 Å².